The Bertz CT molecular complexity index is 283. The van der Waals surface area contributed by atoms with E-state index in [1.807, 2.05) is 7.05 Å². The molecule has 0 aliphatic heterocycles. The third-order valence-corrected chi connectivity index (χ3v) is 2.47. The van der Waals surface area contributed by atoms with Gasteiger partial charge in [0.15, 0.2) is 5.82 Å². The van der Waals surface area contributed by atoms with Crippen LogP contribution >= 0.6 is 0 Å². The lowest BCUT2D eigenvalue weighted by atomic mass is 10.1. The van der Waals surface area contributed by atoms with Gasteiger partial charge in [-0.05, 0) is 13.5 Å². The van der Waals surface area contributed by atoms with Crippen molar-refractivity contribution in [3.63, 3.8) is 0 Å². The minimum absolute atomic E-state index is 0.335. The maximum atomic E-state index is 5.20. The summed E-state index contributed by atoms with van der Waals surface area (Å²) in [6, 6.07) is 0.440. The molecular weight excluding hydrogens is 190 g/mol. The normalized spacial score (nSPS) is 13.4. The maximum absolute atomic E-state index is 5.20. The molecule has 0 spiro atoms. The predicted molar refractivity (Wildman–Crippen MR) is 59.8 cm³/mol. The monoisotopic (exact) mass is 211 g/mol. The molecule has 0 saturated carbocycles. The van der Waals surface area contributed by atoms with Gasteiger partial charge in [0.2, 0.25) is 5.89 Å². The van der Waals surface area contributed by atoms with Crippen molar-refractivity contribution in [2.75, 3.05) is 7.05 Å². The molecule has 1 rings (SSSR count). The number of nitrogens with one attached hydrogen (secondary N) is 1. The number of likely N-dealkylation sites (N-methyl/N-ethyl adjacent to an activating group) is 1. The van der Waals surface area contributed by atoms with Crippen molar-refractivity contribution in [1.82, 2.24) is 15.5 Å². The molecule has 0 saturated heterocycles. The summed E-state index contributed by atoms with van der Waals surface area (Å²) in [5.41, 5.74) is 0. The molecule has 1 unspecified atom stereocenters. The molecule has 1 aromatic rings. The second-order valence-electron chi connectivity index (χ2n) is 4.18. The van der Waals surface area contributed by atoms with E-state index in [0.29, 0.717) is 12.0 Å². The van der Waals surface area contributed by atoms with Gasteiger partial charge in [-0.15, -0.1) is 0 Å². The predicted octanol–water partition coefficient (Wildman–Crippen LogP) is 2.12. The first-order chi connectivity index (χ1) is 7.17. The van der Waals surface area contributed by atoms with Gasteiger partial charge in [0.05, 0.1) is 0 Å². The molecule has 1 aromatic heterocycles. The van der Waals surface area contributed by atoms with Crippen LogP contribution in [0, 0.1) is 0 Å². The lowest BCUT2D eigenvalue weighted by Crippen LogP contribution is -2.27. The average molecular weight is 211 g/mol. The number of nitrogens with zero attached hydrogens (tertiary/aromatic N) is 2. The van der Waals surface area contributed by atoms with Crippen LogP contribution in [0.2, 0.25) is 0 Å². The van der Waals surface area contributed by atoms with E-state index in [1.54, 1.807) is 0 Å². The quantitative estimate of drug-likeness (QED) is 0.783. The number of hydrogen-bond donors (Lipinski definition) is 1. The maximum Gasteiger partial charge on any atom is 0.228 e. The Labute approximate surface area is 91.5 Å². The van der Waals surface area contributed by atoms with Gasteiger partial charge in [-0.2, -0.15) is 4.98 Å². The molecule has 0 aromatic carbocycles. The standard InChI is InChI=1S/C11H21N3O/c1-5-6-9(12-4)7-10-13-11(8(2)3)14-15-10/h8-9,12H,5-7H2,1-4H3. The number of hydrogen-bond acceptors (Lipinski definition) is 4. The fraction of sp³-hybridized carbons (Fsp3) is 0.818. The topological polar surface area (TPSA) is 51.0 Å². The summed E-state index contributed by atoms with van der Waals surface area (Å²) in [6.07, 6.45) is 3.12. The van der Waals surface area contributed by atoms with Crippen LogP contribution in [-0.2, 0) is 6.42 Å². The zero-order chi connectivity index (χ0) is 11.3. The van der Waals surface area contributed by atoms with Crippen LogP contribution in [0.4, 0.5) is 0 Å². The largest absolute Gasteiger partial charge is 0.339 e. The molecule has 0 amide bonds. The molecule has 0 aliphatic rings. The van der Waals surface area contributed by atoms with E-state index in [0.717, 1.165) is 31.0 Å². The van der Waals surface area contributed by atoms with Gasteiger partial charge in [0.25, 0.3) is 0 Å². The second kappa shape index (κ2) is 5.85. The summed E-state index contributed by atoms with van der Waals surface area (Å²) < 4.78 is 5.20. The third-order valence-electron chi connectivity index (χ3n) is 2.47. The zero-order valence-electron chi connectivity index (χ0n) is 10.1. The van der Waals surface area contributed by atoms with Crippen LogP contribution in [0.1, 0.15) is 51.2 Å². The highest BCUT2D eigenvalue weighted by molar-refractivity contribution is 4.93. The summed E-state index contributed by atoms with van der Waals surface area (Å²) >= 11 is 0. The van der Waals surface area contributed by atoms with Gasteiger partial charge in [-0.3, -0.25) is 0 Å². The van der Waals surface area contributed by atoms with Gasteiger partial charge in [0.1, 0.15) is 0 Å². The first-order valence-electron chi connectivity index (χ1n) is 5.67. The molecule has 0 fully saturated rings. The van der Waals surface area contributed by atoms with E-state index in [1.165, 1.54) is 0 Å². The van der Waals surface area contributed by atoms with Crippen molar-refractivity contribution in [2.45, 2.75) is 52.0 Å². The van der Waals surface area contributed by atoms with Crippen LogP contribution in [0.3, 0.4) is 0 Å². The van der Waals surface area contributed by atoms with Crippen LogP contribution < -0.4 is 5.32 Å². The van der Waals surface area contributed by atoms with Crippen molar-refractivity contribution in [3.8, 4) is 0 Å². The summed E-state index contributed by atoms with van der Waals surface area (Å²) in [5.74, 6) is 1.88. The fourth-order valence-electron chi connectivity index (χ4n) is 1.49. The third kappa shape index (κ3) is 3.63. The van der Waals surface area contributed by atoms with E-state index in [4.69, 9.17) is 4.52 Å². The molecule has 4 nitrogen and oxygen atoms in total. The Morgan fingerprint density at radius 3 is 2.60 bits per heavy atom. The Balaban J connectivity index is 2.55. The molecule has 1 atom stereocenters. The highest BCUT2D eigenvalue weighted by atomic mass is 16.5. The number of rotatable bonds is 6. The first kappa shape index (κ1) is 12.2. The highest BCUT2D eigenvalue weighted by Crippen LogP contribution is 2.11. The number of aromatic nitrogens is 2. The van der Waals surface area contributed by atoms with Gasteiger partial charge >= 0.3 is 0 Å². The summed E-state index contributed by atoms with van der Waals surface area (Å²) in [5, 5.41) is 7.21. The van der Waals surface area contributed by atoms with Gasteiger partial charge in [-0.1, -0.05) is 32.3 Å². The summed E-state index contributed by atoms with van der Waals surface area (Å²) in [7, 11) is 1.97. The molecule has 1 N–H and O–H groups in total. The van der Waals surface area contributed by atoms with Crippen molar-refractivity contribution >= 4 is 0 Å². The Hall–Kier alpha value is -0.900. The van der Waals surface area contributed by atoms with E-state index in [9.17, 15) is 0 Å². The van der Waals surface area contributed by atoms with Crippen molar-refractivity contribution in [1.29, 1.82) is 0 Å². The molecule has 1 heterocycles. The smallest absolute Gasteiger partial charge is 0.228 e. The van der Waals surface area contributed by atoms with Crippen molar-refractivity contribution in [3.05, 3.63) is 11.7 Å². The van der Waals surface area contributed by atoms with Crippen LogP contribution in [0.15, 0.2) is 4.52 Å². The lowest BCUT2D eigenvalue weighted by molar-refractivity contribution is 0.351. The molecule has 0 bridgehead atoms. The zero-order valence-corrected chi connectivity index (χ0v) is 10.1. The molecule has 0 aliphatic carbocycles. The Morgan fingerprint density at radius 1 is 1.40 bits per heavy atom. The Kier molecular flexibility index (Phi) is 4.75. The second-order valence-corrected chi connectivity index (χ2v) is 4.18. The van der Waals surface area contributed by atoms with E-state index in [-0.39, 0.29) is 0 Å². The van der Waals surface area contributed by atoms with E-state index >= 15 is 0 Å². The van der Waals surface area contributed by atoms with E-state index in [2.05, 4.69) is 36.2 Å². The average Bonchev–Trinajstić information content (AvgIpc) is 2.65. The van der Waals surface area contributed by atoms with E-state index < -0.39 is 0 Å². The van der Waals surface area contributed by atoms with Crippen LogP contribution in [0.25, 0.3) is 0 Å². The summed E-state index contributed by atoms with van der Waals surface area (Å²) in [4.78, 5) is 4.36. The van der Waals surface area contributed by atoms with Crippen LogP contribution in [-0.4, -0.2) is 23.2 Å². The molecule has 0 radical (unpaired) electrons. The Morgan fingerprint density at radius 2 is 2.13 bits per heavy atom. The van der Waals surface area contributed by atoms with Gasteiger partial charge < -0.3 is 9.84 Å². The van der Waals surface area contributed by atoms with Gasteiger partial charge in [0, 0.05) is 18.4 Å². The molecule has 86 valence electrons. The SMILES string of the molecule is CCCC(Cc1nc(C(C)C)no1)NC. The molecule has 15 heavy (non-hydrogen) atoms. The van der Waals surface area contributed by atoms with Crippen molar-refractivity contribution < 1.29 is 4.52 Å². The minimum atomic E-state index is 0.335. The first-order valence-corrected chi connectivity index (χ1v) is 5.67. The minimum Gasteiger partial charge on any atom is -0.339 e. The van der Waals surface area contributed by atoms with Crippen molar-refractivity contribution in [2.24, 2.45) is 0 Å². The molecular formula is C11H21N3O. The summed E-state index contributed by atoms with van der Waals surface area (Å²) in [6.45, 7) is 6.31. The lowest BCUT2D eigenvalue weighted by Gasteiger charge is -2.11. The van der Waals surface area contributed by atoms with Gasteiger partial charge in [-0.25, -0.2) is 0 Å². The molecule has 4 heteroatoms. The van der Waals surface area contributed by atoms with Crippen LogP contribution in [0.5, 0.6) is 0 Å². The highest BCUT2D eigenvalue weighted by Gasteiger charge is 2.13. The fourth-order valence-corrected chi connectivity index (χ4v) is 1.49.